The fraction of sp³-hybridized carbons (Fsp3) is 0.500. The highest BCUT2D eigenvalue weighted by Gasteiger charge is 2.13. The zero-order valence-electron chi connectivity index (χ0n) is 9.88. The van der Waals surface area contributed by atoms with E-state index in [1.807, 2.05) is 6.07 Å². The van der Waals surface area contributed by atoms with Gasteiger partial charge in [-0.3, -0.25) is 0 Å². The summed E-state index contributed by atoms with van der Waals surface area (Å²) in [5.74, 6) is 0.445. The van der Waals surface area contributed by atoms with Crippen LogP contribution in [0.3, 0.4) is 0 Å². The molecule has 2 rings (SSSR count). The zero-order chi connectivity index (χ0) is 12.1. The van der Waals surface area contributed by atoms with Gasteiger partial charge >= 0.3 is 0 Å². The molecule has 2 nitrogen and oxygen atoms in total. The number of rotatable bonds is 4. The highest BCUT2D eigenvalue weighted by Crippen LogP contribution is 2.23. The van der Waals surface area contributed by atoms with Gasteiger partial charge in [0, 0.05) is 6.54 Å². The number of hydrogen-bond acceptors (Lipinski definition) is 2. The van der Waals surface area contributed by atoms with Gasteiger partial charge in [0.25, 0.3) is 0 Å². The third-order valence-corrected chi connectivity index (χ3v) is 3.32. The molecule has 1 aliphatic rings. The van der Waals surface area contributed by atoms with E-state index in [1.54, 1.807) is 6.07 Å². The summed E-state index contributed by atoms with van der Waals surface area (Å²) < 4.78 is 13.2. The summed E-state index contributed by atoms with van der Waals surface area (Å²) in [6, 6.07) is 6.47. The molecule has 1 N–H and O–H groups in total. The van der Waals surface area contributed by atoms with Gasteiger partial charge in [0.15, 0.2) is 0 Å². The molecule has 0 atom stereocenters. The van der Waals surface area contributed by atoms with Crippen molar-refractivity contribution in [1.29, 1.82) is 5.26 Å². The molecule has 1 fully saturated rings. The van der Waals surface area contributed by atoms with Crippen molar-refractivity contribution in [2.75, 3.05) is 6.54 Å². The van der Waals surface area contributed by atoms with Crippen LogP contribution in [0.2, 0.25) is 0 Å². The highest BCUT2D eigenvalue weighted by molar-refractivity contribution is 5.33. The minimum Gasteiger partial charge on any atom is -0.312 e. The molecule has 0 aliphatic heterocycles. The second-order valence-electron chi connectivity index (χ2n) is 4.74. The topological polar surface area (TPSA) is 35.8 Å². The average molecular weight is 232 g/mol. The third kappa shape index (κ3) is 3.54. The highest BCUT2D eigenvalue weighted by atomic mass is 19.1. The van der Waals surface area contributed by atoms with E-state index >= 15 is 0 Å². The maximum Gasteiger partial charge on any atom is 0.124 e. The number of nitriles is 1. The minimum absolute atomic E-state index is 0.332. The Morgan fingerprint density at radius 1 is 1.29 bits per heavy atom. The monoisotopic (exact) mass is 232 g/mol. The molecule has 0 bridgehead atoms. The Balaban J connectivity index is 1.85. The first-order valence-corrected chi connectivity index (χ1v) is 6.18. The summed E-state index contributed by atoms with van der Waals surface area (Å²) in [7, 11) is 0. The van der Waals surface area contributed by atoms with E-state index < -0.39 is 0 Å². The van der Waals surface area contributed by atoms with Crippen molar-refractivity contribution in [2.45, 2.75) is 32.2 Å². The quantitative estimate of drug-likeness (QED) is 0.866. The maximum absolute atomic E-state index is 13.2. The van der Waals surface area contributed by atoms with Crippen molar-refractivity contribution in [3.05, 3.63) is 35.1 Å². The minimum atomic E-state index is -0.332. The second kappa shape index (κ2) is 5.79. The molecule has 1 aromatic carbocycles. The molecule has 0 unspecified atom stereocenters. The number of nitrogens with zero attached hydrogens (tertiary/aromatic N) is 1. The van der Waals surface area contributed by atoms with E-state index in [-0.39, 0.29) is 5.82 Å². The maximum atomic E-state index is 13.2. The lowest BCUT2D eigenvalue weighted by Gasteiger charge is -2.10. The van der Waals surface area contributed by atoms with Gasteiger partial charge in [-0.15, -0.1) is 0 Å². The van der Waals surface area contributed by atoms with Crippen molar-refractivity contribution >= 4 is 0 Å². The molecular weight excluding hydrogens is 215 g/mol. The van der Waals surface area contributed by atoms with Crippen LogP contribution in [0.25, 0.3) is 0 Å². The number of hydrogen-bond donors (Lipinski definition) is 1. The van der Waals surface area contributed by atoms with Gasteiger partial charge in [-0.1, -0.05) is 12.8 Å². The Labute approximate surface area is 101 Å². The molecule has 0 amide bonds. The molecular formula is C14H17FN2. The molecule has 0 aromatic heterocycles. The average Bonchev–Trinajstić information content (AvgIpc) is 2.81. The molecule has 0 radical (unpaired) electrons. The summed E-state index contributed by atoms with van der Waals surface area (Å²) in [6.45, 7) is 1.64. The van der Waals surface area contributed by atoms with Crippen molar-refractivity contribution in [3.63, 3.8) is 0 Å². The summed E-state index contributed by atoms with van der Waals surface area (Å²) in [4.78, 5) is 0. The smallest absolute Gasteiger partial charge is 0.124 e. The van der Waals surface area contributed by atoms with Gasteiger partial charge in [-0.25, -0.2) is 4.39 Å². The summed E-state index contributed by atoms with van der Waals surface area (Å²) in [6.07, 6.45) is 5.29. The third-order valence-electron chi connectivity index (χ3n) is 3.32. The van der Waals surface area contributed by atoms with E-state index in [4.69, 9.17) is 5.26 Å². The van der Waals surface area contributed by atoms with Crippen molar-refractivity contribution in [3.8, 4) is 6.07 Å². The standard InChI is InChI=1S/C14H17FN2/c15-14-6-12(8-16)5-13(7-14)10-17-9-11-3-1-2-4-11/h5-7,11,17H,1-4,9-10H2. The van der Waals surface area contributed by atoms with Crippen LogP contribution in [-0.2, 0) is 6.54 Å². The Morgan fingerprint density at radius 3 is 2.76 bits per heavy atom. The lowest BCUT2D eigenvalue weighted by Crippen LogP contribution is -2.20. The van der Waals surface area contributed by atoms with Gasteiger partial charge in [-0.05, 0) is 49.1 Å². The van der Waals surface area contributed by atoms with Crippen LogP contribution < -0.4 is 5.32 Å². The Hall–Kier alpha value is -1.40. The van der Waals surface area contributed by atoms with Crippen LogP contribution >= 0.6 is 0 Å². The predicted molar refractivity (Wildman–Crippen MR) is 64.8 cm³/mol. The first kappa shape index (κ1) is 12.1. The van der Waals surface area contributed by atoms with Crippen LogP contribution in [-0.4, -0.2) is 6.54 Å². The van der Waals surface area contributed by atoms with Gasteiger partial charge in [0.1, 0.15) is 5.82 Å². The van der Waals surface area contributed by atoms with E-state index in [1.165, 1.54) is 37.8 Å². The normalized spacial score (nSPS) is 16.0. The summed E-state index contributed by atoms with van der Waals surface area (Å²) in [5, 5.41) is 12.1. The largest absolute Gasteiger partial charge is 0.312 e. The molecule has 1 aliphatic carbocycles. The number of benzene rings is 1. The molecule has 1 aromatic rings. The van der Waals surface area contributed by atoms with Gasteiger partial charge < -0.3 is 5.32 Å². The lowest BCUT2D eigenvalue weighted by molar-refractivity contribution is 0.488. The Bertz CT molecular complexity index is 417. The number of nitrogens with one attached hydrogen (secondary N) is 1. The summed E-state index contributed by atoms with van der Waals surface area (Å²) >= 11 is 0. The van der Waals surface area contributed by atoms with Crippen LogP contribution in [0, 0.1) is 23.1 Å². The fourth-order valence-corrected chi connectivity index (χ4v) is 2.45. The first-order valence-electron chi connectivity index (χ1n) is 6.18. The van der Waals surface area contributed by atoms with E-state index in [2.05, 4.69) is 5.32 Å². The lowest BCUT2D eigenvalue weighted by atomic mass is 10.1. The van der Waals surface area contributed by atoms with Gasteiger partial charge in [-0.2, -0.15) is 5.26 Å². The van der Waals surface area contributed by atoms with E-state index in [9.17, 15) is 4.39 Å². The van der Waals surface area contributed by atoms with Crippen molar-refractivity contribution < 1.29 is 4.39 Å². The van der Waals surface area contributed by atoms with Gasteiger partial charge in [0.05, 0.1) is 11.6 Å². The van der Waals surface area contributed by atoms with Crippen LogP contribution in [0.1, 0.15) is 36.8 Å². The van der Waals surface area contributed by atoms with Crippen molar-refractivity contribution in [1.82, 2.24) is 5.32 Å². The summed E-state index contributed by atoms with van der Waals surface area (Å²) in [5.41, 5.74) is 1.24. The van der Waals surface area contributed by atoms with E-state index in [0.29, 0.717) is 12.1 Å². The number of halogens is 1. The Morgan fingerprint density at radius 2 is 2.06 bits per heavy atom. The molecule has 17 heavy (non-hydrogen) atoms. The molecule has 0 saturated heterocycles. The first-order chi connectivity index (χ1) is 8.28. The second-order valence-corrected chi connectivity index (χ2v) is 4.74. The van der Waals surface area contributed by atoms with E-state index in [0.717, 1.165) is 18.0 Å². The molecule has 90 valence electrons. The molecule has 0 spiro atoms. The van der Waals surface area contributed by atoms with Gasteiger partial charge in [0.2, 0.25) is 0 Å². The van der Waals surface area contributed by atoms with Crippen LogP contribution in [0.5, 0.6) is 0 Å². The SMILES string of the molecule is N#Cc1cc(F)cc(CNCC2CCCC2)c1. The molecule has 0 heterocycles. The predicted octanol–water partition coefficient (Wildman–Crippen LogP) is 2.98. The molecule has 3 heteroatoms. The zero-order valence-corrected chi connectivity index (χ0v) is 9.88. The Kier molecular flexibility index (Phi) is 4.11. The van der Waals surface area contributed by atoms with Crippen LogP contribution in [0.15, 0.2) is 18.2 Å². The van der Waals surface area contributed by atoms with Crippen LogP contribution in [0.4, 0.5) is 4.39 Å². The fourth-order valence-electron chi connectivity index (χ4n) is 2.45. The van der Waals surface area contributed by atoms with Crippen molar-refractivity contribution in [2.24, 2.45) is 5.92 Å². The molecule has 1 saturated carbocycles.